The van der Waals surface area contributed by atoms with Crippen LogP contribution in [0.25, 0.3) is 0 Å². The minimum atomic E-state index is -0.691. The molecule has 1 rings (SSSR count). The second-order valence-electron chi connectivity index (χ2n) is 3.46. The highest BCUT2D eigenvalue weighted by atomic mass is 19.1. The zero-order valence-electron chi connectivity index (χ0n) is 9.13. The highest BCUT2D eigenvalue weighted by molar-refractivity contribution is 5.69. The van der Waals surface area contributed by atoms with Crippen LogP contribution in [0.1, 0.15) is 31.7 Å². The van der Waals surface area contributed by atoms with Gasteiger partial charge >= 0.3 is 5.97 Å². The molecule has 0 N–H and O–H groups in total. The van der Waals surface area contributed by atoms with Crippen LogP contribution in [0.5, 0.6) is 0 Å². The molecule has 0 unspecified atom stereocenters. The average molecular weight is 228 g/mol. The first-order chi connectivity index (χ1) is 7.65. The van der Waals surface area contributed by atoms with Crippen LogP contribution in [-0.4, -0.2) is 5.97 Å². The Bertz CT molecular complexity index is 344. The van der Waals surface area contributed by atoms with Crippen molar-refractivity contribution in [1.29, 1.82) is 0 Å². The lowest BCUT2D eigenvalue weighted by Gasteiger charge is -2.06. The molecule has 88 valence electrons. The van der Waals surface area contributed by atoms with E-state index >= 15 is 0 Å². The summed E-state index contributed by atoms with van der Waals surface area (Å²) in [6.07, 6.45) is 1.88. The monoisotopic (exact) mass is 228 g/mol. The number of carbonyl (C=O) groups is 1. The fourth-order valence-electron chi connectivity index (χ4n) is 1.22. The van der Waals surface area contributed by atoms with Gasteiger partial charge < -0.3 is 4.74 Å². The van der Waals surface area contributed by atoms with Crippen LogP contribution in [0.15, 0.2) is 18.2 Å². The van der Waals surface area contributed by atoms with Gasteiger partial charge in [-0.2, -0.15) is 0 Å². The van der Waals surface area contributed by atoms with Gasteiger partial charge in [0.15, 0.2) is 0 Å². The molecule has 16 heavy (non-hydrogen) atoms. The SMILES string of the molecule is CCCCC(=O)OCc1c(F)cccc1F. The Morgan fingerprint density at radius 3 is 2.50 bits per heavy atom. The molecule has 0 fully saturated rings. The highest BCUT2D eigenvalue weighted by Gasteiger charge is 2.10. The Labute approximate surface area is 93.2 Å². The van der Waals surface area contributed by atoms with Gasteiger partial charge in [0, 0.05) is 6.42 Å². The fourth-order valence-corrected chi connectivity index (χ4v) is 1.22. The van der Waals surface area contributed by atoms with Gasteiger partial charge in [0.05, 0.1) is 5.56 Å². The average Bonchev–Trinajstić information content (AvgIpc) is 2.25. The third-order valence-electron chi connectivity index (χ3n) is 2.17. The van der Waals surface area contributed by atoms with Crippen molar-refractivity contribution >= 4 is 5.97 Å². The van der Waals surface area contributed by atoms with Gasteiger partial charge in [0.2, 0.25) is 0 Å². The van der Waals surface area contributed by atoms with Crippen LogP contribution >= 0.6 is 0 Å². The van der Waals surface area contributed by atoms with E-state index in [0.29, 0.717) is 0 Å². The summed E-state index contributed by atoms with van der Waals surface area (Å²) in [5, 5.41) is 0. The van der Waals surface area contributed by atoms with E-state index in [2.05, 4.69) is 0 Å². The van der Waals surface area contributed by atoms with Crippen LogP contribution in [0.4, 0.5) is 8.78 Å². The normalized spacial score (nSPS) is 10.2. The predicted molar refractivity (Wildman–Crippen MR) is 55.7 cm³/mol. The molecule has 0 aliphatic rings. The molecule has 0 radical (unpaired) electrons. The summed E-state index contributed by atoms with van der Waals surface area (Å²) in [4.78, 5) is 11.1. The van der Waals surface area contributed by atoms with E-state index in [1.165, 1.54) is 6.07 Å². The summed E-state index contributed by atoms with van der Waals surface area (Å²) in [7, 11) is 0. The van der Waals surface area contributed by atoms with E-state index in [1.807, 2.05) is 6.92 Å². The Balaban J connectivity index is 2.51. The van der Waals surface area contributed by atoms with E-state index in [1.54, 1.807) is 0 Å². The van der Waals surface area contributed by atoms with Crippen LogP contribution in [0.3, 0.4) is 0 Å². The van der Waals surface area contributed by atoms with Crippen LogP contribution in [0, 0.1) is 11.6 Å². The highest BCUT2D eigenvalue weighted by Crippen LogP contribution is 2.13. The minimum Gasteiger partial charge on any atom is -0.461 e. The number of esters is 1. The third-order valence-corrected chi connectivity index (χ3v) is 2.17. The fraction of sp³-hybridized carbons (Fsp3) is 0.417. The molecule has 0 aliphatic carbocycles. The van der Waals surface area contributed by atoms with Crippen molar-refractivity contribution in [2.45, 2.75) is 32.8 Å². The molecule has 0 bridgehead atoms. The topological polar surface area (TPSA) is 26.3 Å². The van der Waals surface area contributed by atoms with Crippen LogP contribution in [-0.2, 0) is 16.1 Å². The molecule has 4 heteroatoms. The smallest absolute Gasteiger partial charge is 0.306 e. The molecule has 0 spiro atoms. The molecular formula is C12H14F2O2. The summed E-state index contributed by atoms with van der Waals surface area (Å²) in [5.41, 5.74) is -0.202. The van der Waals surface area contributed by atoms with E-state index in [-0.39, 0.29) is 18.6 Å². The number of benzene rings is 1. The van der Waals surface area contributed by atoms with E-state index in [4.69, 9.17) is 4.74 Å². The molecule has 0 saturated carbocycles. The minimum absolute atomic E-state index is 0.202. The standard InChI is InChI=1S/C12H14F2O2/c1-2-3-7-12(15)16-8-9-10(13)5-4-6-11(9)14/h4-6H,2-3,7-8H2,1H3. The zero-order chi connectivity index (χ0) is 12.0. The summed E-state index contributed by atoms with van der Waals surface area (Å²) < 4.78 is 31.0. The predicted octanol–water partition coefficient (Wildman–Crippen LogP) is 3.20. The van der Waals surface area contributed by atoms with Crippen molar-refractivity contribution in [3.8, 4) is 0 Å². The van der Waals surface area contributed by atoms with Crippen molar-refractivity contribution in [2.75, 3.05) is 0 Å². The number of hydrogen-bond donors (Lipinski definition) is 0. The molecule has 0 heterocycles. The maximum absolute atomic E-state index is 13.1. The van der Waals surface area contributed by atoms with Gasteiger partial charge in [-0.25, -0.2) is 8.78 Å². The van der Waals surface area contributed by atoms with Crippen molar-refractivity contribution in [3.63, 3.8) is 0 Å². The Kier molecular flexibility index (Phi) is 4.89. The van der Waals surface area contributed by atoms with Crippen molar-refractivity contribution in [3.05, 3.63) is 35.4 Å². The Morgan fingerprint density at radius 1 is 1.31 bits per heavy atom. The largest absolute Gasteiger partial charge is 0.461 e. The molecule has 0 atom stereocenters. The molecular weight excluding hydrogens is 214 g/mol. The summed E-state index contributed by atoms with van der Waals surface area (Å²) in [6.45, 7) is 1.60. The van der Waals surface area contributed by atoms with Gasteiger partial charge in [-0.15, -0.1) is 0 Å². The second kappa shape index (κ2) is 6.20. The maximum Gasteiger partial charge on any atom is 0.306 e. The van der Waals surface area contributed by atoms with Crippen molar-refractivity contribution in [2.24, 2.45) is 0 Å². The maximum atomic E-state index is 13.1. The molecule has 0 amide bonds. The molecule has 2 nitrogen and oxygen atoms in total. The van der Waals surface area contributed by atoms with Gasteiger partial charge in [0.1, 0.15) is 18.2 Å². The number of unbranched alkanes of at least 4 members (excludes halogenated alkanes) is 1. The zero-order valence-corrected chi connectivity index (χ0v) is 9.13. The first kappa shape index (κ1) is 12.6. The number of ether oxygens (including phenoxy) is 1. The quantitative estimate of drug-likeness (QED) is 0.723. The van der Waals surface area contributed by atoms with E-state index < -0.39 is 17.6 Å². The summed E-state index contributed by atoms with van der Waals surface area (Å²) in [6, 6.07) is 3.55. The number of rotatable bonds is 5. The van der Waals surface area contributed by atoms with Gasteiger partial charge in [-0.1, -0.05) is 19.4 Å². The van der Waals surface area contributed by atoms with E-state index in [0.717, 1.165) is 25.0 Å². The summed E-state index contributed by atoms with van der Waals surface area (Å²) >= 11 is 0. The Morgan fingerprint density at radius 2 is 1.94 bits per heavy atom. The number of carbonyl (C=O) groups excluding carboxylic acids is 1. The first-order valence-electron chi connectivity index (χ1n) is 5.23. The van der Waals surface area contributed by atoms with Gasteiger partial charge in [0.25, 0.3) is 0 Å². The van der Waals surface area contributed by atoms with Crippen LogP contribution in [0.2, 0.25) is 0 Å². The lowest BCUT2D eigenvalue weighted by molar-refractivity contribution is -0.145. The lowest BCUT2D eigenvalue weighted by atomic mass is 10.2. The first-order valence-corrected chi connectivity index (χ1v) is 5.23. The molecule has 0 saturated heterocycles. The molecule has 1 aromatic rings. The lowest BCUT2D eigenvalue weighted by Crippen LogP contribution is -2.06. The number of halogens is 2. The van der Waals surface area contributed by atoms with Gasteiger partial charge in [-0.05, 0) is 18.6 Å². The number of hydrogen-bond acceptors (Lipinski definition) is 2. The third kappa shape index (κ3) is 3.61. The molecule has 0 aliphatic heterocycles. The summed E-state index contributed by atoms with van der Waals surface area (Å²) in [5.74, 6) is -1.81. The van der Waals surface area contributed by atoms with Gasteiger partial charge in [-0.3, -0.25) is 4.79 Å². The second-order valence-corrected chi connectivity index (χ2v) is 3.46. The molecule has 0 aromatic heterocycles. The van der Waals surface area contributed by atoms with Crippen molar-refractivity contribution in [1.82, 2.24) is 0 Å². The molecule has 1 aromatic carbocycles. The van der Waals surface area contributed by atoms with Crippen LogP contribution < -0.4 is 0 Å². The Hall–Kier alpha value is -1.45. The van der Waals surface area contributed by atoms with E-state index in [9.17, 15) is 13.6 Å². The van der Waals surface area contributed by atoms with Crippen molar-refractivity contribution < 1.29 is 18.3 Å².